The number of benzene rings is 1. The molecule has 1 N–H and O–H groups in total. The van der Waals surface area contributed by atoms with E-state index in [1.807, 2.05) is 0 Å². The van der Waals surface area contributed by atoms with Crippen molar-refractivity contribution in [3.05, 3.63) is 34.3 Å². The maximum atomic E-state index is 6.05. The molecule has 0 amide bonds. The van der Waals surface area contributed by atoms with E-state index in [0.29, 0.717) is 24.1 Å². The highest BCUT2D eigenvalue weighted by atomic mass is 79.9. The van der Waals surface area contributed by atoms with Crippen LogP contribution in [0.1, 0.15) is 52.6 Å². The molecule has 2 nitrogen and oxygen atoms in total. The van der Waals surface area contributed by atoms with Crippen molar-refractivity contribution in [2.45, 2.75) is 59.2 Å². The Kier molecular flexibility index (Phi) is 5.50. The van der Waals surface area contributed by atoms with Gasteiger partial charge < -0.3 is 10.1 Å². The number of nitrogens with one attached hydrogen (secondary N) is 1. The molecule has 1 fully saturated rings. The lowest BCUT2D eigenvalue weighted by Gasteiger charge is -2.53. The summed E-state index contributed by atoms with van der Waals surface area (Å²) in [5.41, 5.74) is 1.52. The Labute approximate surface area is 137 Å². The molecule has 0 aromatic heterocycles. The van der Waals surface area contributed by atoms with Crippen molar-refractivity contribution in [3.8, 4) is 0 Å². The van der Waals surface area contributed by atoms with Crippen LogP contribution in [0.3, 0.4) is 0 Å². The SMILES string of the molecule is CC(C)COC1CC(N[C@@H](C)c2ccccc2Br)C1(C)C. The van der Waals surface area contributed by atoms with E-state index in [4.69, 9.17) is 4.74 Å². The second kappa shape index (κ2) is 6.80. The quantitative estimate of drug-likeness (QED) is 0.781. The van der Waals surface area contributed by atoms with Gasteiger partial charge in [-0.15, -0.1) is 0 Å². The van der Waals surface area contributed by atoms with Gasteiger partial charge in [-0.25, -0.2) is 0 Å². The minimum atomic E-state index is 0.199. The molecule has 0 aliphatic heterocycles. The summed E-state index contributed by atoms with van der Waals surface area (Å²) in [4.78, 5) is 0. The lowest BCUT2D eigenvalue weighted by Crippen LogP contribution is -2.61. The lowest BCUT2D eigenvalue weighted by molar-refractivity contribution is -0.125. The smallest absolute Gasteiger partial charge is 0.0656 e. The molecule has 0 bridgehead atoms. The molecule has 21 heavy (non-hydrogen) atoms. The van der Waals surface area contributed by atoms with Gasteiger partial charge in [0.2, 0.25) is 0 Å². The van der Waals surface area contributed by atoms with Crippen LogP contribution in [0.4, 0.5) is 0 Å². The largest absolute Gasteiger partial charge is 0.377 e. The Morgan fingerprint density at radius 1 is 1.29 bits per heavy atom. The molecule has 2 rings (SSSR count). The summed E-state index contributed by atoms with van der Waals surface area (Å²) in [5.74, 6) is 0.604. The van der Waals surface area contributed by atoms with Gasteiger partial charge in [-0.3, -0.25) is 0 Å². The molecule has 2 unspecified atom stereocenters. The van der Waals surface area contributed by atoms with Crippen LogP contribution >= 0.6 is 15.9 Å². The van der Waals surface area contributed by atoms with Crippen LogP contribution in [0.5, 0.6) is 0 Å². The fourth-order valence-corrected chi connectivity index (χ4v) is 3.61. The summed E-state index contributed by atoms with van der Waals surface area (Å²) in [6.07, 6.45) is 1.48. The maximum Gasteiger partial charge on any atom is 0.0656 e. The Morgan fingerprint density at radius 3 is 2.52 bits per heavy atom. The van der Waals surface area contributed by atoms with Gasteiger partial charge in [0, 0.05) is 28.6 Å². The average molecular weight is 354 g/mol. The third-order valence-electron chi connectivity index (χ3n) is 4.63. The first kappa shape index (κ1) is 17.0. The molecule has 1 aromatic carbocycles. The first-order chi connectivity index (χ1) is 9.82. The molecule has 0 spiro atoms. The van der Waals surface area contributed by atoms with Gasteiger partial charge in [-0.2, -0.15) is 0 Å². The van der Waals surface area contributed by atoms with E-state index in [1.165, 1.54) is 10.0 Å². The van der Waals surface area contributed by atoms with Gasteiger partial charge in [-0.05, 0) is 30.9 Å². The summed E-state index contributed by atoms with van der Waals surface area (Å²) in [5, 5.41) is 3.77. The van der Waals surface area contributed by atoms with E-state index in [2.05, 4.69) is 80.1 Å². The average Bonchev–Trinajstić information content (AvgIpc) is 2.41. The van der Waals surface area contributed by atoms with Gasteiger partial charge in [0.1, 0.15) is 0 Å². The summed E-state index contributed by atoms with van der Waals surface area (Å²) in [6.45, 7) is 12.1. The highest BCUT2D eigenvalue weighted by Crippen LogP contribution is 2.44. The molecule has 1 saturated carbocycles. The molecule has 1 aliphatic carbocycles. The number of hydrogen-bond acceptors (Lipinski definition) is 2. The molecule has 1 aliphatic rings. The van der Waals surface area contributed by atoms with Gasteiger partial charge in [-0.1, -0.05) is 61.8 Å². The van der Waals surface area contributed by atoms with Crippen molar-refractivity contribution in [2.24, 2.45) is 11.3 Å². The predicted octanol–water partition coefficient (Wildman–Crippen LogP) is 4.94. The van der Waals surface area contributed by atoms with Gasteiger partial charge in [0.05, 0.1) is 6.10 Å². The monoisotopic (exact) mass is 353 g/mol. The molecule has 0 radical (unpaired) electrons. The second-order valence-electron chi connectivity index (χ2n) is 7.24. The predicted molar refractivity (Wildman–Crippen MR) is 92.5 cm³/mol. The summed E-state index contributed by atoms with van der Waals surface area (Å²) < 4.78 is 7.22. The Hall–Kier alpha value is -0.380. The maximum absolute atomic E-state index is 6.05. The molecule has 3 atom stereocenters. The summed E-state index contributed by atoms with van der Waals surface area (Å²) in [7, 11) is 0. The van der Waals surface area contributed by atoms with Crippen LogP contribution in [0.2, 0.25) is 0 Å². The molecule has 0 heterocycles. The third kappa shape index (κ3) is 3.88. The zero-order valence-corrected chi connectivity index (χ0v) is 15.4. The lowest BCUT2D eigenvalue weighted by atomic mass is 9.64. The highest BCUT2D eigenvalue weighted by molar-refractivity contribution is 9.10. The van der Waals surface area contributed by atoms with Crippen molar-refractivity contribution < 1.29 is 4.74 Å². The molecular formula is C18H28BrNO. The zero-order chi connectivity index (χ0) is 15.6. The topological polar surface area (TPSA) is 21.3 Å². The fraction of sp³-hybridized carbons (Fsp3) is 0.667. The first-order valence-electron chi connectivity index (χ1n) is 7.94. The first-order valence-corrected chi connectivity index (χ1v) is 8.73. The summed E-state index contributed by atoms with van der Waals surface area (Å²) in [6, 6.07) is 9.30. The Morgan fingerprint density at radius 2 is 1.95 bits per heavy atom. The van der Waals surface area contributed by atoms with Gasteiger partial charge in [0.25, 0.3) is 0 Å². The van der Waals surface area contributed by atoms with Gasteiger partial charge >= 0.3 is 0 Å². The van der Waals surface area contributed by atoms with Crippen LogP contribution < -0.4 is 5.32 Å². The Bertz CT molecular complexity index is 472. The minimum absolute atomic E-state index is 0.199. The van der Waals surface area contributed by atoms with Crippen LogP contribution in [0, 0.1) is 11.3 Å². The number of hydrogen-bond donors (Lipinski definition) is 1. The molecule has 1 aromatic rings. The van der Waals surface area contributed by atoms with E-state index in [0.717, 1.165) is 13.0 Å². The van der Waals surface area contributed by atoms with Crippen molar-refractivity contribution in [3.63, 3.8) is 0 Å². The minimum Gasteiger partial charge on any atom is -0.377 e. The summed E-state index contributed by atoms with van der Waals surface area (Å²) >= 11 is 3.64. The zero-order valence-electron chi connectivity index (χ0n) is 13.8. The van der Waals surface area contributed by atoms with Crippen LogP contribution in [-0.4, -0.2) is 18.8 Å². The molecule has 3 heteroatoms. The van der Waals surface area contributed by atoms with E-state index < -0.39 is 0 Å². The van der Waals surface area contributed by atoms with Crippen molar-refractivity contribution >= 4 is 15.9 Å². The van der Waals surface area contributed by atoms with Crippen molar-refractivity contribution in [1.29, 1.82) is 0 Å². The van der Waals surface area contributed by atoms with Crippen molar-refractivity contribution in [1.82, 2.24) is 5.32 Å². The highest BCUT2D eigenvalue weighted by Gasteiger charge is 2.49. The van der Waals surface area contributed by atoms with E-state index >= 15 is 0 Å². The Balaban J connectivity index is 1.92. The normalized spacial score (nSPS) is 25.7. The fourth-order valence-electron chi connectivity index (χ4n) is 2.98. The van der Waals surface area contributed by atoms with Crippen LogP contribution in [-0.2, 0) is 4.74 Å². The standard InChI is InChI=1S/C18H28BrNO/c1-12(2)11-21-17-10-16(18(17,4)5)20-13(3)14-8-6-7-9-15(14)19/h6-9,12-13,16-17,20H,10-11H2,1-5H3/t13-,16?,17?/m0/s1. The number of halogens is 1. The number of rotatable bonds is 6. The molecule has 0 saturated heterocycles. The van der Waals surface area contributed by atoms with Crippen LogP contribution in [0.25, 0.3) is 0 Å². The molecule has 118 valence electrons. The van der Waals surface area contributed by atoms with E-state index in [-0.39, 0.29) is 5.41 Å². The van der Waals surface area contributed by atoms with Crippen LogP contribution in [0.15, 0.2) is 28.7 Å². The number of ether oxygens (including phenoxy) is 1. The molecular weight excluding hydrogens is 326 g/mol. The van der Waals surface area contributed by atoms with Gasteiger partial charge in [0.15, 0.2) is 0 Å². The van der Waals surface area contributed by atoms with E-state index in [1.54, 1.807) is 0 Å². The second-order valence-corrected chi connectivity index (χ2v) is 8.09. The third-order valence-corrected chi connectivity index (χ3v) is 5.35. The van der Waals surface area contributed by atoms with E-state index in [9.17, 15) is 0 Å². The van der Waals surface area contributed by atoms with Crippen molar-refractivity contribution in [2.75, 3.05) is 6.61 Å².